The van der Waals surface area contributed by atoms with E-state index in [-0.39, 0.29) is 31.6 Å². The number of rotatable bonds is 9. The molecule has 0 aliphatic rings. The molecule has 19 heavy (non-hydrogen) atoms. The van der Waals surface area contributed by atoms with Crippen LogP contribution in [0.1, 0.15) is 33.6 Å². The molecule has 0 radical (unpaired) electrons. The molecule has 1 atom stereocenters. The minimum atomic E-state index is -0.990. The summed E-state index contributed by atoms with van der Waals surface area (Å²) in [4.78, 5) is 23.8. The van der Waals surface area contributed by atoms with Crippen LogP contribution in [0, 0.1) is 18.3 Å². The lowest BCUT2D eigenvalue weighted by Crippen LogP contribution is -2.43. The molecule has 0 aliphatic heterocycles. The van der Waals surface area contributed by atoms with Gasteiger partial charge in [0.05, 0.1) is 19.6 Å². The van der Waals surface area contributed by atoms with Crippen LogP contribution in [0.4, 0.5) is 0 Å². The molecule has 1 unspecified atom stereocenters. The number of carbonyl (C=O) groups is 2. The number of hydrogen-bond donors (Lipinski definition) is 2. The van der Waals surface area contributed by atoms with E-state index >= 15 is 0 Å². The number of carboxylic acid groups (broad SMARTS) is 1. The van der Waals surface area contributed by atoms with Gasteiger partial charge >= 0.3 is 5.97 Å². The zero-order valence-corrected chi connectivity index (χ0v) is 12.0. The van der Waals surface area contributed by atoms with Crippen molar-refractivity contribution in [2.45, 2.75) is 39.7 Å². The number of carboxylic acids is 1. The van der Waals surface area contributed by atoms with E-state index in [9.17, 15) is 9.59 Å². The lowest BCUT2D eigenvalue weighted by molar-refractivity contribution is -0.138. The number of amides is 1. The van der Waals surface area contributed by atoms with Crippen LogP contribution in [0.3, 0.4) is 0 Å². The quantitative estimate of drug-likeness (QED) is 0.611. The van der Waals surface area contributed by atoms with Crippen molar-refractivity contribution >= 4 is 11.9 Å². The normalized spacial score (nSPS) is 12.2. The van der Waals surface area contributed by atoms with E-state index in [0.717, 1.165) is 12.8 Å². The van der Waals surface area contributed by atoms with E-state index in [1.54, 1.807) is 0 Å². The molecule has 5 heteroatoms. The van der Waals surface area contributed by atoms with Crippen LogP contribution in [-0.4, -0.2) is 47.6 Å². The van der Waals surface area contributed by atoms with Crippen molar-refractivity contribution in [2.75, 3.05) is 19.6 Å². The maximum Gasteiger partial charge on any atom is 0.317 e. The number of nitrogens with zero attached hydrogens (tertiary/aromatic N) is 1. The van der Waals surface area contributed by atoms with Crippen LogP contribution in [0.25, 0.3) is 0 Å². The second kappa shape index (κ2) is 9.40. The van der Waals surface area contributed by atoms with Gasteiger partial charge in [0.2, 0.25) is 5.91 Å². The summed E-state index contributed by atoms with van der Waals surface area (Å²) < 4.78 is 0. The Kier molecular flexibility index (Phi) is 8.64. The minimum Gasteiger partial charge on any atom is -0.480 e. The third-order valence-corrected chi connectivity index (χ3v) is 2.63. The number of nitrogens with one attached hydrogen (secondary N) is 1. The molecule has 0 aromatic heterocycles. The SMILES string of the molecule is C#CCN(CC(=O)O)CC(=O)NC(C)CCC(C)C. The van der Waals surface area contributed by atoms with Crippen LogP contribution in [0.15, 0.2) is 0 Å². The molecule has 2 N–H and O–H groups in total. The van der Waals surface area contributed by atoms with Gasteiger partial charge in [0.25, 0.3) is 0 Å². The van der Waals surface area contributed by atoms with Crippen LogP contribution in [0.2, 0.25) is 0 Å². The molecule has 5 nitrogen and oxygen atoms in total. The van der Waals surface area contributed by atoms with Crippen molar-refractivity contribution in [2.24, 2.45) is 5.92 Å². The first-order chi connectivity index (χ1) is 8.85. The highest BCUT2D eigenvalue weighted by atomic mass is 16.4. The molecular formula is C14H24N2O3. The fourth-order valence-electron chi connectivity index (χ4n) is 1.67. The van der Waals surface area contributed by atoms with Crippen LogP contribution >= 0.6 is 0 Å². The molecule has 0 saturated carbocycles. The highest BCUT2D eigenvalue weighted by Crippen LogP contribution is 2.06. The molecule has 0 spiro atoms. The molecule has 0 fully saturated rings. The van der Waals surface area contributed by atoms with Crippen LogP contribution in [-0.2, 0) is 9.59 Å². The van der Waals surface area contributed by atoms with Crippen molar-refractivity contribution in [3.05, 3.63) is 0 Å². The van der Waals surface area contributed by atoms with Crippen molar-refractivity contribution in [3.63, 3.8) is 0 Å². The average molecular weight is 268 g/mol. The van der Waals surface area contributed by atoms with E-state index in [2.05, 4.69) is 25.1 Å². The van der Waals surface area contributed by atoms with E-state index in [1.807, 2.05) is 6.92 Å². The predicted molar refractivity (Wildman–Crippen MR) is 74.6 cm³/mol. The summed E-state index contributed by atoms with van der Waals surface area (Å²) in [7, 11) is 0. The Labute approximate surface area is 115 Å². The van der Waals surface area contributed by atoms with Gasteiger partial charge in [-0.25, -0.2) is 0 Å². The van der Waals surface area contributed by atoms with Crippen LogP contribution < -0.4 is 5.32 Å². The van der Waals surface area contributed by atoms with Crippen molar-refractivity contribution in [1.82, 2.24) is 10.2 Å². The van der Waals surface area contributed by atoms with Gasteiger partial charge in [-0.1, -0.05) is 19.8 Å². The standard InChI is InChI=1S/C14H24N2O3/c1-5-8-16(10-14(18)19)9-13(17)15-12(4)7-6-11(2)3/h1,11-12H,6-10H2,2-4H3,(H,15,17)(H,18,19). The zero-order valence-electron chi connectivity index (χ0n) is 12.0. The number of terminal acetylenes is 1. The van der Waals surface area contributed by atoms with E-state index < -0.39 is 5.97 Å². The second-order valence-electron chi connectivity index (χ2n) is 5.18. The van der Waals surface area contributed by atoms with Gasteiger partial charge in [0.15, 0.2) is 0 Å². The van der Waals surface area contributed by atoms with Crippen molar-refractivity contribution < 1.29 is 14.7 Å². The molecule has 0 rings (SSSR count). The summed E-state index contributed by atoms with van der Waals surface area (Å²) in [5.74, 6) is 1.78. The maximum atomic E-state index is 11.8. The summed E-state index contributed by atoms with van der Waals surface area (Å²) in [6.45, 7) is 6.16. The fourth-order valence-corrected chi connectivity index (χ4v) is 1.67. The van der Waals surface area contributed by atoms with Gasteiger partial charge in [-0.2, -0.15) is 0 Å². The van der Waals surface area contributed by atoms with Crippen molar-refractivity contribution in [1.29, 1.82) is 0 Å². The van der Waals surface area contributed by atoms with Gasteiger partial charge in [-0.3, -0.25) is 14.5 Å². The molecule has 0 aliphatic carbocycles. The third-order valence-electron chi connectivity index (χ3n) is 2.63. The number of aliphatic carboxylic acids is 1. The predicted octanol–water partition coefficient (Wildman–Crippen LogP) is 0.947. The third kappa shape index (κ3) is 10.1. The molecule has 0 aromatic carbocycles. The Hall–Kier alpha value is -1.54. The molecule has 108 valence electrons. The minimum absolute atomic E-state index is 0.0164. The summed E-state index contributed by atoms with van der Waals surface area (Å²) in [5.41, 5.74) is 0. The fraction of sp³-hybridized carbons (Fsp3) is 0.714. The summed E-state index contributed by atoms with van der Waals surface area (Å²) in [5, 5.41) is 11.6. The van der Waals surface area contributed by atoms with Gasteiger partial charge in [-0.15, -0.1) is 6.42 Å². The molecule has 0 saturated heterocycles. The first-order valence-corrected chi connectivity index (χ1v) is 6.52. The molecule has 0 bridgehead atoms. The Morgan fingerprint density at radius 1 is 1.26 bits per heavy atom. The van der Waals surface area contributed by atoms with Gasteiger partial charge in [-0.05, 0) is 25.7 Å². The summed E-state index contributed by atoms with van der Waals surface area (Å²) in [6, 6.07) is 0.0902. The first kappa shape index (κ1) is 17.5. The topological polar surface area (TPSA) is 69.6 Å². The smallest absolute Gasteiger partial charge is 0.317 e. The lowest BCUT2D eigenvalue weighted by atomic mass is 10.0. The highest BCUT2D eigenvalue weighted by Gasteiger charge is 2.14. The summed E-state index contributed by atoms with van der Waals surface area (Å²) >= 11 is 0. The van der Waals surface area contributed by atoms with E-state index in [1.165, 1.54) is 4.90 Å². The zero-order chi connectivity index (χ0) is 14.8. The Morgan fingerprint density at radius 2 is 1.89 bits per heavy atom. The lowest BCUT2D eigenvalue weighted by Gasteiger charge is -2.19. The van der Waals surface area contributed by atoms with E-state index in [4.69, 9.17) is 11.5 Å². The van der Waals surface area contributed by atoms with Gasteiger partial charge < -0.3 is 10.4 Å². The highest BCUT2D eigenvalue weighted by molar-refractivity contribution is 5.79. The Balaban J connectivity index is 4.11. The first-order valence-electron chi connectivity index (χ1n) is 6.52. The Bertz CT molecular complexity index is 334. The maximum absolute atomic E-state index is 11.8. The monoisotopic (exact) mass is 268 g/mol. The number of carbonyl (C=O) groups excluding carboxylic acids is 1. The average Bonchev–Trinajstić information content (AvgIpc) is 2.25. The van der Waals surface area contributed by atoms with Crippen LogP contribution in [0.5, 0.6) is 0 Å². The molecular weight excluding hydrogens is 244 g/mol. The largest absolute Gasteiger partial charge is 0.480 e. The Morgan fingerprint density at radius 3 is 2.37 bits per heavy atom. The molecule has 0 heterocycles. The van der Waals surface area contributed by atoms with Gasteiger partial charge in [0, 0.05) is 6.04 Å². The second-order valence-corrected chi connectivity index (χ2v) is 5.18. The van der Waals surface area contributed by atoms with Crippen molar-refractivity contribution in [3.8, 4) is 12.3 Å². The number of hydrogen-bond acceptors (Lipinski definition) is 3. The molecule has 0 aromatic rings. The van der Waals surface area contributed by atoms with E-state index in [0.29, 0.717) is 5.92 Å². The molecule has 1 amide bonds. The summed E-state index contributed by atoms with van der Waals surface area (Å²) in [6.07, 6.45) is 7.11. The van der Waals surface area contributed by atoms with Gasteiger partial charge in [0.1, 0.15) is 0 Å².